The molecule has 1 aromatic carbocycles. The van der Waals surface area contributed by atoms with Gasteiger partial charge in [-0.05, 0) is 56.0 Å². The van der Waals surface area contributed by atoms with E-state index in [9.17, 15) is 4.79 Å². The smallest absolute Gasteiger partial charge is 0.215 e. The Morgan fingerprint density at radius 3 is 2.63 bits per heavy atom. The molecule has 0 unspecified atom stereocenters. The Balaban J connectivity index is 1.54. The van der Waals surface area contributed by atoms with Gasteiger partial charge in [0.25, 0.3) is 0 Å². The average molecular weight is 408 g/mol. The molecular formula is C25H33N3O2. The topological polar surface area (TPSA) is 45.7 Å². The van der Waals surface area contributed by atoms with Crippen LogP contribution in [0, 0.1) is 6.92 Å². The highest BCUT2D eigenvalue weighted by atomic mass is 16.5. The maximum absolute atomic E-state index is 12.5. The summed E-state index contributed by atoms with van der Waals surface area (Å²) in [6, 6.07) is 10.8. The fourth-order valence-electron chi connectivity index (χ4n) is 4.45. The molecular weight excluding hydrogens is 374 g/mol. The van der Waals surface area contributed by atoms with Crippen molar-refractivity contribution in [1.29, 1.82) is 0 Å². The minimum atomic E-state index is 0.250. The normalized spacial score (nSPS) is 16.7. The molecule has 0 atom stereocenters. The minimum absolute atomic E-state index is 0.250. The molecule has 0 spiro atoms. The van der Waals surface area contributed by atoms with E-state index in [1.54, 1.807) is 0 Å². The summed E-state index contributed by atoms with van der Waals surface area (Å²) in [5.74, 6) is 1.83. The number of carbonyl (C=O) groups is 1. The van der Waals surface area contributed by atoms with Crippen LogP contribution in [0.15, 0.2) is 30.3 Å². The number of hydrogen-bond acceptors (Lipinski definition) is 5. The van der Waals surface area contributed by atoms with Gasteiger partial charge in [-0.25, -0.2) is 0 Å². The summed E-state index contributed by atoms with van der Waals surface area (Å²) >= 11 is 0. The number of aromatic nitrogens is 1. The van der Waals surface area contributed by atoms with Crippen LogP contribution in [0.4, 0.5) is 5.82 Å². The number of nitrogens with zero attached hydrogens (tertiary/aromatic N) is 3. The molecule has 5 heteroatoms. The number of Topliss-reactive ketones (excluding diaryl/α,β-unsaturated/α-hetero) is 1. The Morgan fingerprint density at radius 2 is 1.87 bits per heavy atom. The number of anilines is 1. The van der Waals surface area contributed by atoms with Crippen LogP contribution in [0.3, 0.4) is 0 Å². The number of fused-ring (bicyclic) bond motifs is 1. The van der Waals surface area contributed by atoms with Crippen molar-refractivity contribution in [2.24, 2.45) is 0 Å². The van der Waals surface area contributed by atoms with Gasteiger partial charge < -0.3 is 9.64 Å². The molecule has 2 aliphatic rings. The summed E-state index contributed by atoms with van der Waals surface area (Å²) in [5.41, 5.74) is 4.71. The van der Waals surface area contributed by atoms with Gasteiger partial charge in [0.15, 0.2) is 5.78 Å². The van der Waals surface area contributed by atoms with E-state index in [0.29, 0.717) is 32.0 Å². The third-order valence-corrected chi connectivity index (χ3v) is 6.06. The third-order valence-electron chi connectivity index (χ3n) is 6.06. The predicted molar refractivity (Wildman–Crippen MR) is 120 cm³/mol. The fourth-order valence-corrected chi connectivity index (χ4v) is 4.45. The first-order valence-electron chi connectivity index (χ1n) is 11.3. The maximum Gasteiger partial charge on any atom is 0.215 e. The quantitative estimate of drug-likeness (QED) is 0.611. The number of benzene rings is 1. The zero-order chi connectivity index (χ0) is 20.9. The van der Waals surface area contributed by atoms with Crippen LogP contribution in [0.2, 0.25) is 0 Å². The van der Waals surface area contributed by atoms with E-state index >= 15 is 0 Å². The van der Waals surface area contributed by atoms with Gasteiger partial charge in [0.2, 0.25) is 5.88 Å². The molecule has 0 bridgehead atoms. The molecule has 0 amide bonds. The summed E-state index contributed by atoms with van der Waals surface area (Å²) in [5, 5.41) is 0. The number of aryl methyl sites for hydroxylation is 1. The van der Waals surface area contributed by atoms with E-state index in [4.69, 9.17) is 9.72 Å². The Bertz CT molecular complexity index is 890. The Kier molecular flexibility index (Phi) is 6.68. The number of unbranched alkanes of at least 4 members (excludes halogenated alkanes) is 1. The van der Waals surface area contributed by atoms with E-state index in [1.807, 2.05) is 6.07 Å². The van der Waals surface area contributed by atoms with Crippen molar-refractivity contribution in [1.82, 2.24) is 9.88 Å². The first-order chi connectivity index (χ1) is 14.6. The van der Waals surface area contributed by atoms with Gasteiger partial charge in [-0.2, -0.15) is 4.98 Å². The number of hydrogen-bond donors (Lipinski definition) is 0. The van der Waals surface area contributed by atoms with E-state index in [0.717, 1.165) is 36.3 Å². The van der Waals surface area contributed by atoms with Gasteiger partial charge in [0, 0.05) is 31.1 Å². The van der Waals surface area contributed by atoms with Crippen LogP contribution in [-0.2, 0) is 24.3 Å². The van der Waals surface area contributed by atoms with Crippen molar-refractivity contribution in [2.75, 3.05) is 31.1 Å². The monoisotopic (exact) mass is 407 g/mol. The number of ether oxygens (including phenoxy) is 1. The van der Waals surface area contributed by atoms with Crippen LogP contribution >= 0.6 is 0 Å². The van der Waals surface area contributed by atoms with E-state index < -0.39 is 0 Å². The Morgan fingerprint density at radius 1 is 1.10 bits per heavy atom. The van der Waals surface area contributed by atoms with Crippen molar-refractivity contribution in [3.05, 3.63) is 52.6 Å². The van der Waals surface area contributed by atoms with Gasteiger partial charge in [0.1, 0.15) is 5.82 Å². The van der Waals surface area contributed by atoms with Crippen molar-refractivity contribution >= 4 is 11.6 Å². The largest absolute Gasteiger partial charge is 0.478 e. The van der Waals surface area contributed by atoms with Gasteiger partial charge in [-0.1, -0.05) is 37.6 Å². The highest BCUT2D eigenvalue weighted by Gasteiger charge is 2.26. The summed E-state index contributed by atoms with van der Waals surface area (Å²) in [4.78, 5) is 21.9. The number of rotatable bonds is 8. The van der Waals surface area contributed by atoms with Crippen LogP contribution in [0.5, 0.6) is 5.88 Å². The van der Waals surface area contributed by atoms with Crippen molar-refractivity contribution in [3.63, 3.8) is 0 Å². The van der Waals surface area contributed by atoms with Gasteiger partial charge in [-0.15, -0.1) is 0 Å². The molecule has 1 aromatic heterocycles. The standard InChI is InChI=1S/C25H33N3O2/c1-3-4-12-30-24-13-19(2)23-15-22(29)18-28(25(23)26-24)17-21-9-7-8-20(14-21)16-27-10-5-6-11-27/h7-9,13-14H,3-6,10-12,15-18H2,1-2H3. The Labute approximate surface area is 180 Å². The van der Waals surface area contributed by atoms with Crippen LogP contribution in [0.25, 0.3) is 0 Å². The number of ketones is 1. The molecule has 4 rings (SSSR count). The summed E-state index contributed by atoms with van der Waals surface area (Å²) in [6.07, 6.45) is 5.19. The summed E-state index contributed by atoms with van der Waals surface area (Å²) < 4.78 is 5.88. The summed E-state index contributed by atoms with van der Waals surface area (Å²) in [6.45, 7) is 9.40. The molecule has 5 nitrogen and oxygen atoms in total. The number of pyridine rings is 1. The molecule has 0 radical (unpaired) electrons. The molecule has 2 aromatic rings. The molecule has 0 aliphatic carbocycles. The van der Waals surface area contributed by atoms with Gasteiger partial charge >= 0.3 is 0 Å². The maximum atomic E-state index is 12.5. The zero-order valence-corrected chi connectivity index (χ0v) is 18.3. The third kappa shape index (κ3) is 5.01. The SMILES string of the molecule is CCCCOc1cc(C)c2c(n1)N(Cc1cccc(CN3CCCC3)c1)CC(=O)C2. The second-order valence-electron chi connectivity index (χ2n) is 8.66. The van der Waals surface area contributed by atoms with Crippen LogP contribution < -0.4 is 9.64 Å². The lowest BCUT2D eigenvalue weighted by Gasteiger charge is -2.31. The van der Waals surface area contributed by atoms with Gasteiger partial charge in [-0.3, -0.25) is 9.69 Å². The second-order valence-corrected chi connectivity index (χ2v) is 8.66. The highest BCUT2D eigenvalue weighted by Crippen LogP contribution is 2.31. The van der Waals surface area contributed by atoms with Crippen molar-refractivity contribution in [3.8, 4) is 5.88 Å². The van der Waals surface area contributed by atoms with E-state index in [-0.39, 0.29) is 5.78 Å². The number of likely N-dealkylation sites (tertiary alicyclic amines) is 1. The van der Waals surface area contributed by atoms with Crippen molar-refractivity contribution in [2.45, 2.75) is 59.0 Å². The molecule has 0 saturated carbocycles. The minimum Gasteiger partial charge on any atom is -0.478 e. The molecule has 30 heavy (non-hydrogen) atoms. The van der Waals surface area contributed by atoms with Crippen LogP contribution in [-0.4, -0.2) is 41.9 Å². The molecule has 3 heterocycles. The highest BCUT2D eigenvalue weighted by molar-refractivity contribution is 5.90. The molecule has 1 saturated heterocycles. The first kappa shape index (κ1) is 20.9. The first-order valence-corrected chi connectivity index (χ1v) is 11.3. The van der Waals surface area contributed by atoms with Gasteiger partial charge in [0.05, 0.1) is 13.2 Å². The fraction of sp³-hybridized carbons (Fsp3) is 0.520. The van der Waals surface area contributed by atoms with Crippen LogP contribution in [0.1, 0.15) is 54.9 Å². The zero-order valence-electron chi connectivity index (χ0n) is 18.3. The molecule has 1 fully saturated rings. The van der Waals surface area contributed by atoms with E-state index in [1.165, 1.54) is 37.1 Å². The summed E-state index contributed by atoms with van der Waals surface area (Å²) in [7, 11) is 0. The lowest BCUT2D eigenvalue weighted by molar-refractivity contribution is -0.117. The van der Waals surface area contributed by atoms with Crippen molar-refractivity contribution < 1.29 is 9.53 Å². The second kappa shape index (κ2) is 9.61. The van der Waals surface area contributed by atoms with E-state index in [2.05, 4.69) is 47.9 Å². The molecule has 2 aliphatic heterocycles. The lowest BCUT2D eigenvalue weighted by Crippen LogP contribution is -2.36. The Hall–Kier alpha value is -2.40. The molecule has 0 N–H and O–H groups in total. The molecule has 160 valence electrons. The predicted octanol–water partition coefficient (Wildman–Crippen LogP) is 4.30. The average Bonchev–Trinajstić information content (AvgIpc) is 3.22. The lowest BCUT2D eigenvalue weighted by atomic mass is 9.99. The number of carbonyl (C=O) groups excluding carboxylic acids is 1.